The van der Waals surface area contributed by atoms with Crippen molar-refractivity contribution in [1.82, 2.24) is 4.90 Å². The van der Waals surface area contributed by atoms with Crippen LogP contribution < -0.4 is 4.90 Å². The molecule has 2 fully saturated rings. The van der Waals surface area contributed by atoms with Crippen molar-refractivity contribution in [3.05, 3.63) is 53.8 Å². The number of hydrogen-bond donors (Lipinski definition) is 1. The molecule has 2 aromatic rings. The lowest BCUT2D eigenvalue weighted by Gasteiger charge is -2.44. The minimum atomic E-state index is -0.252. The quantitative estimate of drug-likeness (QED) is 0.853. The Morgan fingerprint density at radius 1 is 1.14 bits per heavy atom. The Morgan fingerprint density at radius 3 is 2.66 bits per heavy atom. The Kier molecular flexibility index (Phi) is 4.58. The molecule has 29 heavy (non-hydrogen) atoms. The van der Waals surface area contributed by atoms with Crippen LogP contribution in [0.4, 0.5) is 10.1 Å². The number of hydrogen-bond acceptors (Lipinski definition) is 3. The Balaban J connectivity index is 1.57. The van der Waals surface area contributed by atoms with Gasteiger partial charge in [0.05, 0.1) is 18.7 Å². The van der Waals surface area contributed by atoms with Crippen molar-refractivity contribution < 1.29 is 14.3 Å². The predicted molar refractivity (Wildman–Crippen MR) is 111 cm³/mol. The van der Waals surface area contributed by atoms with E-state index < -0.39 is 0 Å². The van der Waals surface area contributed by atoms with Gasteiger partial charge in [-0.05, 0) is 66.1 Å². The molecule has 152 valence electrons. The Hall–Kier alpha value is -2.40. The summed E-state index contributed by atoms with van der Waals surface area (Å²) in [5.74, 6) is 0.754. The fraction of sp³-hybridized carbons (Fsp3) is 0.458. The molecule has 2 aliphatic heterocycles. The van der Waals surface area contributed by atoms with Gasteiger partial charge in [0.1, 0.15) is 5.82 Å². The molecular formula is C24H27FN2O2. The van der Waals surface area contributed by atoms with E-state index in [1.54, 1.807) is 12.1 Å². The Morgan fingerprint density at radius 2 is 1.93 bits per heavy atom. The number of aliphatic hydroxyl groups excluding tert-OH is 1. The fourth-order valence-electron chi connectivity index (χ4n) is 5.27. The zero-order chi connectivity index (χ0) is 20.1. The zero-order valence-electron chi connectivity index (χ0n) is 16.7. The van der Waals surface area contributed by atoms with Crippen LogP contribution in [0.2, 0.25) is 0 Å². The standard InChI is InChI=1S/C24H27FN2O2/c1-26-21-8-7-17(16-3-2-4-18(25)12-16)13-20(21)24-19(22(26)14-28)9-10-27(24)23(29)11-15-5-6-15/h2-4,7-8,12-13,15,19,22,24,28H,5-6,9-11,14H2,1H3/t19-,22-,24-/m0/s1. The van der Waals surface area contributed by atoms with Crippen LogP contribution in [0.25, 0.3) is 11.1 Å². The number of carbonyl (C=O) groups excluding carboxylic acids is 1. The Labute approximate surface area is 170 Å². The van der Waals surface area contributed by atoms with Gasteiger partial charge in [-0.2, -0.15) is 0 Å². The minimum Gasteiger partial charge on any atom is -0.394 e. The summed E-state index contributed by atoms with van der Waals surface area (Å²) in [5.41, 5.74) is 3.96. The molecule has 0 aromatic heterocycles. The SMILES string of the molecule is CN1c2ccc(-c3cccc(F)c3)cc2[C@@H]2[C@@H](CCN2C(=O)CC2CC2)[C@@H]1CO. The number of carbonyl (C=O) groups is 1. The van der Waals surface area contributed by atoms with Gasteiger partial charge in [-0.3, -0.25) is 4.79 Å². The molecule has 0 radical (unpaired) electrons. The predicted octanol–water partition coefficient (Wildman–Crippen LogP) is 3.99. The van der Waals surface area contributed by atoms with Crippen LogP contribution >= 0.6 is 0 Å². The molecule has 1 N–H and O–H groups in total. The number of benzene rings is 2. The first kappa shape index (κ1) is 18.6. The van der Waals surface area contributed by atoms with Crippen molar-refractivity contribution in [3.8, 4) is 11.1 Å². The van der Waals surface area contributed by atoms with Crippen LogP contribution in [0.1, 0.15) is 37.3 Å². The van der Waals surface area contributed by atoms with E-state index in [9.17, 15) is 14.3 Å². The molecule has 0 bridgehead atoms. The third-order valence-corrected chi connectivity index (χ3v) is 6.99. The lowest BCUT2D eigenvalue weighted by Crippen LogP contribution is -2.48. The average Bonchev–Trinajstić information content (AvgIpc) is 3.42. The molecule has 1 saturated heterocycles. The molecule has 1 saturated carbocycles. The number of amides is 1. The van der Waals surface area contributed by atoms with Gasteiger partial charge >= 0.3 is 0 Å². The molecule has 2 heterocycles. The molecular weight excluding hydrogens is 367 g/mol. The molecule has 5 heteroatoms. The van der Waals surface area contributed by atoms with Gasteiger partial charge in [0.15, 0.2) is 0 Å². The molecule has 4 nitrogen and oxygen atoms in total. The first-order valence-electron chi connectivity index (χ1n) is 10.6. The average molecular weight is 394 g/mol. The fourth-order valence-corrected chi connectivity index (χ4v) is 5.27. The second-order valence-electron chi connectivity index (χ2n) is 8.78. The van der Waals surface area contributed by atoms with Gasteiger partial charge < -0.3 is 14.9 Å². The number of fused-ring (bicyclic) bond motifs is 3. The maximum atomic E-state index is 13.8. The second kappa shape index (κ2) is 7.13. The second-order valence-corrected chi connectivity index (χ2v) is 8.78. The number of aliphatic hydroxyl groups is 1. The van der Waals surface area contributed by atoms with Crippen LogP contribution in [0, 0.1) is 17.7 Å². The highest BCUT2D eigenvalue weighted by Gasteiger charge is 2.48. The van der Waals surface area contributed by atoms with Gasteiger partial charge in [0, 0.05) is 31.6 Å². The normalized spacial score (nSPS) is 25.7. The summed E-state index contributed by atoms with van der Waals surface area (Å²) in [6.45, 7) is 0.822. The molecule has 1 aliphatic carbocycles. The van der Waals surface area contributed by atoms with E-state index in [0.717, 1.165) is 48.2 Å². The largest absolute Gasteiger partial charge is 0.394 e. The van der Waals surface area contributed by atoms with E-state index >= 15 is 0 Å². The maximum Gasteiger partial charge on any atom is 0.223 e. The minimum absolute atomic E-state index is 0.00578. The van der Waals surface area contributed by atoms with Crippen molar-refractivity contribution in [2.75, 3.05) is 25.1 Å². The molecule has 0 spiro atoms. The molecule has 0 unspecified atom stereocenters. The summed E-state index contributed by atoms with van der Waals surface area (Å²) in [5, 5.41) is 10.1. The zero-order valence-corrected chi connectivity index (χ0v) is 16.7. The summed E-state index contributed by atoms with van der Waals surface area (Å²) in [6, 6.07) is 12.8. The van der Waals surface area contributed by atoms with Gasteiger partial charge in [0.25, 0.3) is 0 Å². The number of likely N-dealkylation sites (tertiary alicyclic amines) is 1. The number of rotatable bonds is 4. The number of halogens is 1. The summed E-state index contributed by atoms with van der Waals surface area (Å²) in [7, 11) is 2.02. The van der Waals surface area contributed by atoms with Crippen molar-refractivity contribution in [3.63, 3.8) is 0 Å². The van der Waals surface area contributed by atoms with Gasteiger partial charge in [-0.15, -0.1) is 0 Å². The van der Waals surface area contributed by atoms with Crippen LogP contribution in [0.15, 0.2) is 42.5 Å². The van der Waals surface area contributed by atoms with Crippen molar-refractivity contribution in [1.29, 1.82) is 0 Å². The molecule has 3 aliphatic rings. The highest BCUT2D eigenvalue weighted by molar-refractivity contribution is 5.79. The van der Waals surface area contributed by atoms with Crippen molar-refractivity contribution in [2.45, 2.75) is 37.8 Å². The van der Waals surface area contributed by atoms with Crippen LogP contribution in [0.3, 0.4) is 0 Å². The summed E-state index contributed by atoms with van der Waals surface area (Å²) < 4.78 is 13.8. The first-order chi connectivity index (χ1) is 14.1. The molecule has 2 aromatic carbocycles. The summed E-state index contributed by atoms with van der Waals surface area (Å²) in [6.07, 6.45) is 3.87. The highest BCUT2D eigenvalue weighted by atomic mass is 19.1. The van der Waals surface area contributed by atoms with Gasteiger partial charge in [-0.25, -0.2) is 4.39 Å². The summed E-state index contributed by atoms with van der Waals surface area (Å²) >= 11 is 0. The van der Waals surface area contributed by atoms with E-state index in [-0.39, 0.29) is 36.3 Å². The lowest BCUT2D eigenvalue weighted by molar-refractivity contribution is -0.133. The van der Waals surface area contributed by atoms with E-state index in [1.807, 2.05) is 24.1 Å². The molecule has 1 amide bonds. The van der Waals surface area contributed by atoms with E-state index in [0.29, 0.717) is 12.3 Å². The third-order valence-electron chi connectivity index (χ3n) is 6.99. The van der Waals surface area contributed by atoms with E-state index in [1.165, 1.54) is 6.07 Å². The van der Waals surface area contributed by atoms with Crippen LogP contribution in [-0.4, -0.2) is 42.2 Å². The van der Waals surface area contributed by atoms with E-state index in [2.05, 4.69) is 17.0 Å². The third kappa shape index (κ3) is 3.21. The van der Waals surface area contributed by atoms with Crippen molar-refractivity contribution in [2.24, 2.45) is 11.8 Å². The van der Waals surface area contributed by atoms with Crippen LogP contribution in [-0.2, 0) is 4.79 Å². The lowest BCUT2D eigenvalue weighted by atomic mass is 9.81. The van der Waals surface area contributed by atoms with Gasteiger partial charge in [0.2, 0.25) is 5.91 Å². The topological polar surface area (TPSA) is 43.8 Å². The number of nitrogens with zero attached hydrogens (tertiary/aromatic N) is 2. The smallest absolute Gasteiger partial charge is 0.223 e. The summed E-state index contributed by atoms with van der Waals surface area (Å²) in [4.78, 5) is 17.2. The number of anilines is 1. The van der Waals surface area contributed by atoms with Crippen LogP contribution in [0.5, 0.6) is 0 Å². The Bertz CT molecular complexity index is 942. The first-order valence-corrected chi connectivity index (χ1v) is 10.6. The molecule has 5 rings (SSSR count). The van der Waals surface area contributed by atoms with Gasteiger partial charge in [-0.1, -0.05) is 18.2 Å². The maximum absolute atomic E-state index is 13.8. The number of likely N-dealkylation sites (N-methyl/N-ethyl adjacent to an activating group) is 1. The van der Waals surface area contributed by atoms with E-state index in [4.69, 9.17) is 0 Å². The molecule has 3 atom stereocenters. The van der Waals surface area contributed by atoms with Crippen molar-refractivity contribution >= 4 is 11.6 Å². The highest BCUT2D eigenvalue weighted by Crippen LogP contribution is 2.50. The monoisotopic (exact) mass is 394 g/mol.